The average molecular weight is 283 g/mol. The van der Waals surface area contributed by atoms with Crippen LogP contribution in [0.15, 0.2) is 18.2 Å². The Kier molecular flexibility index (Phi) is 3.48. The molecule has 0 N–H and O–H groups in total. The fraction of sp³-hybridized carbons (Fsp3) is 0.462. The summed E-state index contributed by atoms with van der Waals surface area (Å²) < 4.78 is 10.8. The molecule has 6 heteroatoms. The second-order valence-corrected chi connectivity index (χ2v) is 4.93. The maximum absolute atomic E-state index is 12.5. The average Bonchev–Trinajstić information content (AvgIpc) is 2.47. The highest BCUT2D eigenvalue weighted by Gasteiger charge is 2.28. The lowest BCUT2D eigenvalue weighted by atomic mass is 10.2. The van der Waals surface area contributed by atoms with Crippen molar-refractivity contribution in [2.45, 2.75) is 0 Å². The highest BCUT2D eigenvalue weighted by molar-refractivity contribution is 6.31. The van der Waals surface area contributed by atoms with Crippen molar-refractivity contribution in [1.29, 1.82) is 0 Å². The van der Waals surface area contributed by atoms with Gasteiger partial charge in [0, 0.05) is 18.1 Å². The van der Waals surface area contributed by atoms with E-state index in [0.717, 1.165) is 5.69 Å². The first-order valence-corrected chi connectivity index (χ1v) is 6.70. The topological polar surface area (TPSA) is 42.0 Å². The zero-order valence-corrected chi connectivity index (χ0v) is 11.2. The van der Waals surface area contributed by atoms with Gasteiger partial charge in [-0.2, -0.15) is 0 Å². The lowest BCUT2D eigenvalue weighted by molar-refractivity contribution is 0.0545. The Bertz CT molecular complexity index is 489. The van der Waals surface area contributed by atoms with Crippen molar-refractivity contribution in [1.82, 2.24) is 4.90 Å². The summed E-state index contributed by atoms with van der Waals surface area (Å²) in [7, 11) is 0. The molecule has 2 aliphatic rings. The predicted octanol–water partition coefficient (Wildman–Crippen LogP) is 1.99. The minimum Gasteiger partial charge on any atom is -0.490 e. The lowest BCUT2D eigenvalue weighted by Crippen LogP contribution is -2.50. The molecule has 2 amide bonds. The van der Waals surface area contributed by atoms with Gasteiger partial charge in [0.05, 0.1) is 25.4 Å². The summed E-state index contributed by atoms with van der Waals surface area (Å²) in [6, 6.07) is 5.34. The summed E-state index contributed by atoms with van der Waals surface area (Å²) in [5.74, 6) is 0.706. The SMILES string of the molecule is O=C(N1CCOCC1)N1CCOc2ccc(Cl)cc21. The van der Waals surface area contributed by atoms with Crippen LogP contribution in [0.3, 0.4) is 0 Å². The van der Waals surface area contributed by atoms with Gasteiger partial charge in [-0.25, -0.2) is 4.79 Å². The van der Waals surface area contributed by atoms with Gasteiger partial charge in [-0.05, 0) is 18.2 Å². The number of amides is 2. The monoisotopic (exact) mass is 282 g/mol. The zero-order valence-electron chi connectivity index (χ0n) is 10.5. The Morgan fingerprint density at radius 2 is 1.95 bits per heavy atom. The van der Waals surface area contributed by atoms with Gasteiger partial charge in [0.25, 0.3) is 0 Å². The number of fused-ring (bicyclic) bond motifs is 1. The van der Waals surface area contributed by atoms with Crippen LogP contribution in [0.4, 0.5) is 10.5 Å². The summed E-state index contributed by atoms with van der Waals surface area (Å²) in [4.78, 5) is 16.1. The van der Waals surface area contributed by atoms with Crippen molar-refractivity contribution in [2.75, 3.05) is 44.4 Å². The summed E-state index contributed by atoms with van der Waals surface area (Å²) in [5.41, 5.74) is 0.746. The number of carbonyl (C=O) groups is 1. The molecule has 0 atom stereocenters. The van der Waals surface area contributed by atoms with E-state index in [9.17, 15) is 4.79 Å². The van der Waals surface area contributed by atoms with Crippen LogP contribution in [0.2, 0.25) is 5.02 Å². The van der Waals surface area contributed by atoms with Gasteiger partial charge >= 0.3 is 6.03 Å². The van der Waals surface area contributed by atoms with Crippen LogP contribution < -0.4 is 9.64 Å². The Balaban J connectivity index is 1.86. The van der Waals surface area contributed by atoms with E-state index in [2.05, 4.69) is 0 Å². The van der Waals surface area contributed by atoms with Crippen LogP contribution in [0.5, 0.6) is 5.75 Å². The molecule has 1 fully saturated rings. The number of halogens is 1. The molecular weight excluding hydrogens is 268 g/mol. The van der Waals surface area contributed by atoms with Gasteiger partial charge in [-0.3, -0.25) is 4.90 Å². The van der Waals surface area contributed by atoms with Crippen LogP contribution in [0.1, 0.15) is 0 Å². The summed E-state index contributed by atoms with van der Waals surface area (Å²) in [6.07, 6.45) is 0. The van der Waals surface area contributed by atoms with Gasteiger partial charge in [0.2, 0.25) is 0 Å². The number of morpholine rings is 1. The van der Waals surface area contributed by atoms with Crippen molar-refractivity contribution in [2.24, 2.45) is 0 Å². The molecule has 0 spiro atoms. The van der Waals surface area contributed by atoms with Crippen molar-refractivity contribution in [3.63, 3.8) is 0 Å². The first kappa shape index (κ1) is 12.6. The highest BCUT2D eigenvalue weighted by atomic mass is 35.5. The van der Waals surface area contributed by atoms with E-state index >= 15 is 0 Å². The lowest BCUT2D eigenvalue weighted by Gasteiger charge is -2.35. The van der Waals surface area contributed by atoms with Crippen molar-refractivity contribution in [3.05, 3.63) is 23.2 Å². The maximum Gasteiger partial charge on any atom is 0.324 e. The summed E-state index contributed by atoms with van der Waals surface area (Å²) >= 11 is 6.01. The largest absolute Gasteiger partial charge is 0.490 e. The third-order valence-corrected chi connectivity index (χ3v) is 3.53. The normalized spacial score (nSPS) is 18.8. The quantitative estimate of drug-likeness (QED) is 0.731. The van der Waals surface area contributed by atoms with Crippen LogP contribution in [-0.4, -0.2) is 50.4 Å². The molecule has 0 radical (unpaired) electrons. The number of anilines is 1. The molecule has 19 heavy (non-hydrogen) atoms. The number of ether oxygens (including phenoxy) is 2. The summed E-state index contributed by atoms with van der Waals surface area (Å²) in [5, 5.41) is 0.601. The fourth-order valence-corrected chi connectivity index (χ4v) is 2.48. The number of hydrogen-bond donors (Lipinski definition) is 0. The molecule has 0 aliphatic carbocycles. The third kappa shape index (κ3) is 2.48. The number of benzene rings is 1. The van der Waals surface area contributed by atoms with Crippen LogP contribution in [-0.2, 0) is 4.74 Å². The molecule has 1 saturated heterocycles. The third-order valence-electron chi connectivity index (χ3n) is 3.30. The first-order valence-electron chi connectivity index (χ1n) is 6.32. The number of hydrogen-bond acceptors (Lipinski definition) is 3. The van der Waals surface area contributed by atoms with Gasteiger partial charge in [-0.15, -0.1) is 0 Å². The molecule has 5 nitrogen and oxygen atoms in total. The molecule has 1 aromatic carbocycles. The van der Waals surface area contributed by atoms with E-state index in [1.165, 1.54) is 0 Å². The molecule has 102 valence electrons. The minimum absolute atomic E-state index is 0.00452. The minimum atomic E-state index is -0.00452. The summed E-state index contributed by atoms with van der Waals surface area (Å²) in [6.45, 7) is 3.50. The predicted molar refractivity (Wildman–Crippen MR) is 72.1 cm³/mol. The van der Waals surface area contributed by atoms with Crippen LogP contribution in [0.25, 0.3) is 0 Å². The van der Waals surface area contributed by atoms with E-state index in [1.807, 2.05) is 0 Å². The molecule has 0 bridgehead atoms. The van der Waals surface area contributed by atoms with E-state index in [1.54, 1.807) is 28.0 Å². The fourth-order valence-electron chi connectivity index (χ4n) is 2.31. The Morgan fingerprint density at radius 3 is 2.74 bits per heavy atom. The molecule has 2 aliphatic heterocycles. The Morgan fingerprint density at radius 1 is 1.16 bits per heavy atom. The maximum atomic E-state index is 12.5. The molecule has 1 aromatic rings. The highest BCUT2D eigenvalue weighted by Crippen LogP contribution is 2.34. The van der Waals surface area contributed by atoms with Crippen molar-refractivity contribution in [3.8, 4) is 5.75 Å². The number of nitrogens with zero attached hydrogens (tertiary/aromatic N) is 2. The number of carbonyl (C=O) groups excluding carboxylic acids is 1. The van der Waals surface area contributed by atoms with E-state index in [4.69, 9.17) is 21.1 Å². The molecule has 3 rings (SSSR count). The van der Waals surface area contributed by atoms with E-state index < -0.39 is 0 Å². The Hall–Kier alpha value is -1.46. The number of urea groups is 1. The van der Waals surface area contributed by atoms with E-state index in [-0.39, 0.29) is 6.03 Å². The molecule has 0 unspecified atom stereocenters. The van der Waals surface area contributed by atoms with Gasteiger partial charge in [0.1, 0.15) is 12.4 Å². The van der Waals surface area contributed by atoms with Crippen LogP contribution in [0, 0.1) is 0 Å². The molecule has 0 saturated carbocycles. The zero-order chi connectivity index (χ0) is 13.2. The second-order valence-electron chi connectivity index (χ2n) is 4.49. The standard InChI is InChI=1S/C13H15ClN2O3/c14-10-1-2-12-11(9-10)16(5-8-19-12)13(17)15-3-6-18-7-4-15/h1-2,9H,3-8H2. The van der Waals surface area contributed by atoms with Gasteiger partial charge in [-0.1, -0.05) is 11.6 Å². The van der Waals surface area contributed by atoms with Crippen LogP contribution >= 0.6 is 11.6 Å². The number of rotatable bonds is 0. The van der Waals surface area contributed by atoms with Crippen molar-refractivity contribution >= 4 is 23.3 Å². The molecule has 0 aromatic heterocycles. The molecule has 2 heterocycles. The Labute approximate surface area is 116 Å². The molecular formula is C13H15ClN2O3. The smallest absolute Gasteiger partial charge is 0.324 e. The van der Waals surface area contributed by atoms with E-state index in [0.29, 0.717) is 50.2 Å². The van der Waals surface area contributed by atoms with Crippen molar-refractivity contribution < 1.29 is 14.3 Å². The van der Waals surface area contributed by atoms with Gasteiger partial charge in [0.15, 0.2) is 0 Å². The van der Waals surface area contributed by atoms with Gasteiger partial charge < -0.3 is 14.4 Å². The first-order chi connectivity index (χ1) is 9.25. The second kappa shape index (κ2) is 5.27.